The highest BCUT2D eigenvalue weighted by molar-refractivity contribution is 5.76. The van der Waals surface area contributed by atoms with Crippen LogP contribution in [0.2, 0.25) is 0 Å². The number of hydrogen-bond acceptors (Lipinski definition) is 4. The van der Waals surface area contributed by atoms with Crippen molar-refractivity contribution in [3.63, 3.8) is 0 Å². The molecule has 0 unspecified atom stereocenters. The molecule has 15 heavy (non-hydrogen) atoms. The second kappa shape index (κ2) is 6.78. The molecule has 0 fully saturated rings. The van der Waals surface area contributed by atoms with Gasteiger partial charge in [0.25, 0.3) is 0 Å². The van der Waals surface area contributed by atoms with Crippen LogP contribution in [0.3, 0.4) is 0 Å². The molecule has 0 saturated heterocycles. The average Bonchev–Trinajstić information content (AvgIpc) is 2.28. The highest BCUT2D eigenvalue weighted by Gasteiger charge is 1.99. The van der Waals surface area contributed by atoms with Crippen molar-refractivity contribution in [2.75, 3.05) is 25.0 Å². The molecule has 0 aliphatic carbocycles. The van der Waals surface area contributed by atoms with Crippen molar-refractivity contribution in [3.8, 4) is 0 Å². The fourth-order valence-electron chi connectivity index (χ4n) is 1.07. The van der Waals surface area contributed by atoms with E-state index in [1.165, 1.54) is 0 Å². The van der Waals surface area contributed by atoms with Gasteiger partial charge in [0.15, 0.2) is 0 Å². The van der Waals surface area contributed by atoms with E-state index in [4.69, 9.17) is 5.73 Å². The van der Waals surface area contributed by atoms with Crippen LogP contribution in [0.5, 0.6) is 0 Å². The molecule has 4 N–H and O–H groups in total. The van der Waals surface area contributed by atoms with Crippen LogP contribution in [-0.4, -0.2) is 30.5 Å². The molecule has 1 rings (SSSR count). The summed E-state index contributed by atoms with van der Waals surface area (Å²) in [5.41, 5.74) is 5.26. The second-order valence-electron chi connectivity index (χ2n) is 3.03. The van der Waals surface area contributed by atoms with E-state index in [2.05, 4.69) is 15.6 Å². The molecule has 5 nitrogen and oxygen atoms in total. The van der Waals surface area contributed by atoms with Gasteiger partial charge in [0.05, 0.1) is 0 Å². The lowest BCUT2D eigenvalue weighted by molar-refractivity contribution is -0.120. The first-order valence-electron chi connectivity index (χ1n) is 4.94. The third-order valence-electron chi connectivity index (χ3n) is 1.79. The van der Waals surface area contributed by atoms with Crippen LogP contribution in [0.25, 0.3) is 0 Å². The molecule has 0 aromatic carbocycles. The molecule has 0 aliphatic rings. The van der Waals surface area contributed by atoms with Crippen LogP contribution in [-0.2, 0) is 4.79 Å². The summed E-state index contributed by atoms with van der Waals surface area (Å²) in [6, 6.07) is 5.60. The number of rotatable bonds is 6. The van der Waals surface area contributed by atoms with Crippen LogP contribution in [0.1, 0.15) is 6.42 Å². The van der Waals surface area contributed by atoms with Gasteiger partial charge in [-0.2, -0.15) is 0 Å². The van der Waals surface area contributed by atoms with Gasteiger partial charge in [-0.1, -0.05) is 6.07 Å². The highest BCUT2D eigenvalue weighted by atomic mass is 16.1. The van der Waals surface area contributed by atoms with Crippen molar-refractivity contribution in [3.05, 3.63) is 24.4 Å². The minimum atomic E-state index is 0.00359. The van der Waals surface area contributed by atoms with Crippen molar-refractivity contribution in [1.29, 1.82) is 0 Å². The lowest BCUT2D eigenvalue weighted by Crippen LogP contribution is -2.30. The van der Waals surface area contributed by atoms with Gasteiger partial charge in [-0.3, -0.25) is 4.79 Å². The SMILES string of the molecule is NCCNC(=O)CCNc1ccccn1. The number of carbonyl (C=O) groups is 1. The fourth-order valence-corrected chi connectivity index (χ4v) is 1.07. The predicted molar refractivity (Wildman–Crippen MR) is 59.4 cm³/mol. The standard InChI is InChI=1S/C10H16N4O/c11-5-8-14-10(15)4-7-13-9-3-1-2-6-12-9/h1-3,6H,4-5,7-8,11H2,(H,12,13)(H,14,15). The Morgan fingerprint density at radius 3 is 2.93 bits per heavy atom. The van der Waals surface area contributed by atoms with E-state index in [-0.39, 0.29) is 5.91 Å². The number of carbonyl (C=O) groups excluding carboxylic acids is 1. The molecule has 0 bridgehead atoms. The molecule has 0 radical (unpaired) electrons. The molecule has 1 aromatic rings. The number of nitrogens with one attached hydrogen (secondary N) is 2. The van der Waals surface area contributed by atoms with Gasteiger partial charge in [0, 0.05) is 32.3 Å². The molecule has 5 heteroatoms. The lowest BCUT2D eigenvalue weighted by Gasteiger charge is -2.05. The quantitative estimate of drug-likeness (QED) is 0.612. The maximum Gasteiger partial charge on any atom is 0.221 e. The van der Waals surface area contributed by atoms with Crippen molar-refractivity contribution in [2.24, 2.45) is 5.73 Å². The Labute approximate surface area is 89.1 Å². The smallest absolute Gasteiger partial charge is 0.221 e. The van der Waals surface area contributed by atoms with E-state index in [1.54, 1.807) is 6.20 Å². The van der Waals surface area contributed by atoms with E-state index in [9.17, 15) is 4.79 Å². The lowest BCUT2D eigenvalue weighted by atomic mass is 10.4. The van der Waals surface area contributed by atoms with Crippen LogP contribution in [0, 0.1) is 0 Å². The van der Waals surface area contributed by atoms with E-state index < -0.39 is 0 Å². The molecule has 0 spiro atoms. The Kier molecular flexibility index (Phi) is 5.18. The third kappa shape index (κ3) is 4.97. The fraction of sp³-hybridized carbons (Fsp3) is 0.400. The van der Waals surface area contributed by atoms with Crippen LogP contribution < -0.4 is 16.4 Å². The third-order valence-corrected chi connectivity index (χ3v) is 1.79. The summed E-state index contributed by atoms with van der Waals surface area (Å²) in [6.45, 7) is 1.58. The monoisotopic (exact) mass is 208 g/mol. The Bertz CT molecular complexity index is 289. The van der Waals surface area contributed by atoms with Crippen molar-refractivity contribution in [1.82, 2.24) is 10.3 Å². The summed E-state index contributed by atoms with van der Waals surface area (Å²) in [5.74, 6) is 0.785. The van der Waals surface area contributed by atoms with E-state index in [0.29, 0.717) is 26.1 Å². The molecule has 0 aliphatic heterocycles. The minimum absolute atomic E-state index is 0.00359. The van der Waals surface area contributed by atoms with Crippen LogP contribution in [0.4, 0.5) is 5.82 Å². The normalized spacial score (nSPS) is 9.67. The van der Waals surface area contributed by atoms with E-state index in [0.717, 1.165) is 5.82 Å². The molecular formula is C10H16N4O. The largest absolute Gasteiger partial charge is 0.370 e. The van der Waals surface area contributed by atoms with Gasteiger partial charge in [-0.15, -0.1) is 0 Å². The van der Waals surface area contributed by atoms with Crippen molar-refractivity contribution in [2.45, 2.75) is 6.42 Å². The van der Waals surface area contributed by atoms with Gasteiger partial charge in [-0.25, -0.2) is 4.98 Å². The first-order chi connectivity index (χ1) is 7.33. The molecule has 0 saturated carbocycles. The highest BCUT2D eigenvalue weighted by Crippen LogP contribution is 1.98. The number of anilines is 1. The maximum absolute atomic E-state index is 11.2. The number of nitrogens with two attached hydrogens (primary N) is 1. The Morgan fingerprint density at radius 1 is 1.40 bits per heavy atom. The van der Waals surface area contributed by atoms with Gasteiger partial charge in [-0.05, 0) is 12.1 Å². The molecule has 1 aromatic heterocycles. The first-order valence-corrected chi connectivity index (χ1v) is 4.94. The molecule has 1 amide bonds. The predicted octanol–water partition coefficient (Wildman–Crippen LogP) is -0.0415. The van der Waals surface area contributed by atoms with Crippen LogP contribution >= 0.6 is 0 Å². The van der Waals surface area contributed by atoms with Crippen molar-refractivity contribution >= 4 is 11.7 Å². The number of aromatic nitrogens is 1. The minimum Gasteiger partial charge on any atom is -0.370 e. The summed E-state index contributed by atoms with van der Waals surface area (Å²) < 4.78 is 0. The molecule has 82 valence electrons. The zero-order valence-corrected chi connectivity index (χ0v) is 8.57. The Morgan fingerprint density at radius 2 is 2.27 bits per heavy atom. The van der Waals surface area contributed by atoms with Gasteiger partial charge in [0.1, 0.15) is 5.82 Å². The Balaban J connectivity index is 2.14. The molecule has 0 atom stereocenters. The second-order valence-corrected chi connectivity index (χ2v) is 3.03. The van der Waals surface area contributed by atoms with Crippen LogP contribution in [0.15, 0.2) is 24.4 Å². The maximum atomic E-state index is 11.2. The summed E-state index contributed by atoms with van der Waals surface area (Å²) in [4.78, 5) is 15.2. The molecular weight excluding hydrogens is 192 g/mol. The Hall–Kier alpha value is -1.62. The number of hydrogen-bond donors (Lipinski definition) is 3. The summed E-state index contributed by atoms with van der Waals surface area (Å²) >= 11 is 0. The average molecular weight is 208 g/mol. The summed E-state index contributed by atoms with van der Waals surface area (Å²) in [7, 11) is 0. The van der Waals surface area contributed by atoms with Crippen molar-refractivity contribution < 1.29 is 4.79 Å². The van der Waals surface area contributed by atoms with Gasteiger partial charge >= 0.3 is 0 Å². The topological polar surface area (TPSA) is 80.0 Å². The zero-order valence-electron chi connectivity index (χ0n) is 8.57. The van der Waals surface area contributed by atoms with E-state index >= 15 is 0 Å². The number of amides is 1. The van der Waals surface area contributed by atoms with Gasteiger partial charge in [0.2, 0.25) is 5.91 Å². The summed E-state index contributed by atoms with van der Waals surface area (Å²) in [5, 5.41) is 5.74. The zero-order chi connectivity index (χ0) is 10.9. The molecule has 1 heterocycles. The number of nitrogens with zero attached hydrogens (tertiary/aromatic N) is 1. The number of pyridine rings is 1. The summed E-state index contributed by atoms with van der Waals surface area (Å²) in [6.07, 6.45) is 2.13. The van der Waals surface area contributed by atoms with Gasteiger partial charge < -0.3 is 16.4 Å². The van der Waals surface area contributed by atoms with E-state index in [1.807, 2.05) is 18.2 Å². The first kappa shape index (κ1) is 11.5.